The van der Waals surface area contributed by atoms with Crippen molar-refractivity contribution < 1.29 is 14.3 Å². The Balaban J connectivity index is 0.000000956. The second kappa shape index (κ2) is 7.89. The van der Waals surface area contributed by atoms with Crippen molar-refractivity contribution in [3.63, 3.8) is 0 Å². The van der Waals surface area contributed by atoms with E-state index in [0.29, 0.717) is 16.7 Å². The summed E-state index contributed by atoms with van der Waals surface area (Å²) in [5, 5.41) is 0. The first-order valence-corrected chi connectivity index (χ1v) is 6.50. The van der Waals surface area contributed by atoms with Crippen molar-refractivity contribution >= 4 is 11.8 Å². The van der Waals surface area contributed by atoms with Gasteiger partial charge in [-0.1, -0.05) is 56.3 Å². The summed E-state index contributed by atoms with van der Waals surface area (Å²) in [6, 6.07) is 15.4. The van der Waals surface area contributed by atoms with Crippen LogP contribution in [0, 0.1) is 0 Å². The molecule has 20 heavy (non-hydrogen) atoms. The van der Waals surface area contributed by atoms with Crippen LogP contribution in [0.3, 0.4) is 0 Å². The maximum absolute atomic E-state index is 12.1. The molecule has 0 saturated carbocycles. The Kier molecular flexibility index (Phi) is 6.17. The third kappa shape index (κ3) is 3.79. The fourth-order valence-corrected chi connectivity index (χ4v) is 1.63. The van der Waals surface area contributed by atoms with E-state index in [1.54, 1.807) is 36.4 Å². The largest absolute Gasteiger partial charge is 0.465 e. The van der Waals surface area contributed by atoms with Crippen molar-refractivity contribution in [2.24, 2.45) is 0 Å². The molecule has 0 aliphatic heterocycles. The predicted molar refractivity (Wildman–Crippen MR) is 79.0 cm³/mol. The molecule has 0 N–H and O–H groups in total. The quantitative estimate of drug-likeness (QED) is 0.630. The summed E-state index contributed by atoms with van der Waals surface area (Å²) in [5.41, 5.74) is 1.61. The van der Waals surface area contributed by atoms with Crippen molar-refractivity contribution in [3.8, 4) is 0 Å². The smallest absolute Gasteiger partial charge is 0.337 e. The summed E-state index contributed by atoms with van der Waals surface area (Å²) in [5.74, 6) is -0.472. The lowest BCUT2D eigenvalue weighted by atomic mass is 10.0. The number of ether oxygens (including phenoxy) is 1. The number of carbonyl (C=O) groups is 2. The topological polar surface area (TPSA) is 43.4 Å². The second-order valence-corrected chi connectivity index (χ2v) is 3.76. The maximum Gasteiger partial charge on any atom is 0.337 e. The molecule has 0 bridgehead atoms. The van der Waals surface area contributed by atoms with Crippen LogP contribution in [0.2, 0.25) is 0 Å². The van der Waals surface area contributed by atoms with Gasteiger partial charge in [-0.25, -0.2) is 4.79 Å². The zero-order valence-corrected chi connectivity index (χ0v) is 11.9. The maximum atomic E-state index is 12.1. The molecule has 0 spiro atoms. The van der Waals surface area contributed by atoms with Crippen LogP contribution in [0.4, 0.5) is 0 Å². The summed E-state index contributed by atoms with van der Waals surface area (Å²) < 4.78 is 4.60. The van der Waals surface area contributed by atoms with E-state index in [2.05, 4.69) is 4.74 Å². The lowest BCUT2D eigenvalue weighted by molar-refractivity contribution is 0.0600. The standard InChI is InChI=1S/C15H12O3.C2H6/c1-18-15(17)13-9-7-12(8-10-13)14(16)11-5-3-2-4-6-11;1-2/h2-10H,1H3;1-2H3. The molecule has 0 heterocycles. The third-order valence-corrected chi connectivity index (χ3v) is 2.60. The minimum atomic E-state index is -0.409. The van der Waals surface area contributed by atoms with Crippen LogP contribution in [0.15, 0.2) is 54.6 Å². The van der Waals surface area contributed by atoms with Gasteiger partial charge >= 0.3 is 5.97 Å². The van der Waals surface area contributed by atoms with Gasteiger partial charge in [0.25, 0.3) is 0 Å². The lowest BCUT2D eigenvalue weighted by Gasteiger charge is -2.02. The predicted octanol–water partition coefficient (Wildman–Crippen LogP) is 3.73. The Hall–Kier alpha value is -2.42. The fourth-order valence-electron chi connectivity index (χ4n) is 1.63. The first-order valence-electron chi connectivity index (χ1n) is 6.50. The molecule has 2 aromatic rings. The van der Waals surface area contributed by atoms with Crippen molar-refractivity contribution in [2.75, 3.05) is 7.11 Å². The van der Waals surface area contributed by atoms with E-state index >= 15 is 0 Å². The summed E-state index contributed by atoms with van der Waals surface area (Å²) in [6.07, 6.45) is 0. The SMILES string of the molecule is CC.COC(=O)c1ccc(C(=O)c2ccccc2)cc1. The molecule has 2 aromatic carbocycles. The number of hydrogen-bond acceptors (Lipinski definition) is 3. The highest BCUT2D eigenvalue weighted by molar-refractivity contribution is 6.09. The Morgan fingerprint density at radius 3 is 1.70 bits per heavy atom. The number of rotatable bonds is 3. The average Bonchev–Trinajstić information content (AvgIpc) is 2.56. The third-order valence-electron chi connectivity index (χ3n) is 2.60. The van der Waals surface area contributed by atoms with Crippen molar-refractivity contribution in [2.45, 2.75) is 13.8 Å². The Morgan fingerprint density at radius 1 is 0.750 bits per heavy atom. The molecule has 0 aliphatic rings. The molecule has 0 atom stereocenters. The number of carbonyl (C=O) groups excluding carboxylic acids is 2. The highest BCUT2D eigenvalue weighted by atomic mass is 16.5. The molecule has 0 aromatic heterocycles. The van der Waals surface area contributed by atoms with Gasteiger partial charge in [-0.15, -0.1) is 0 Å². The number of methoxy groups -OCH3 is 1. The van der Waals surface area contributed by atoms with E-state index in [4.69, 9.17) is 0 Å². The van der Waals surface area contributed by atoms with E-state index in [1.165, 1.54) is 7.11 Å². The molecule has 3 heteroatoms. The average molecular weight is 270 g/mol. The lowest BCUT2D eigenvalue weighted by Crippen LogP contribution is -2.04. The van der Waals surface area contributed by atoms with Crippen LogP contribution < -0.4 is 0 Å². The van der Waals surface area contributed by atoms with Gasteiger partial charge < -0.3 is 4.74 Å². The van der Waals surface area contributed by atoms with Crippen molar-refractivity contribution in [1.82, 2.24) is 0 Å². The Morgan fingerprint density at radius 2 is 1.20 bits per heavy atom. The summed E-state index contributed by atoms with van der Waals surface area (Å²) in [6.45, 7) is 4.00. The molecule has 0 saturated heterocycles. The van der Waals surface area contributed by atoms with Crippen LogP contribution >= 0.6 is 0 Å². The van der Waals surface area contributed by atoms with Crippen LogP contribution in [0.5, 0.6) is 0 Å². The number of benzene rings is 2. The van der Waals surface area contributed by atoms with Crippen LogP contribution in [0.1, 0.15) is 40.1 Å². The van der Waals surface area contributed by atoms with Gasteiger partial charge in [-0.05, 0) is 12.1 Å². The molecular formula is C17H18O3. The molecule has 104 valence electrons. The molecule has 0 radical (unpaired) electrons. The van der Waals surface area contributed by atoms with E-state index in [0.717, 1.165) is 0 Å². The minimum Gasteiger partial charge on any atom is -0.465 e. The van der Waals surface area contributed by atoms with Gasteiger partial charge in [0, 0.05) is 11.1 Å². The molecular weight excluding hydrogens is 252 g/mol. The zero-order chi connectivity index (χ0) is 15.0. The number of hydrogen-bond donors (Lipinski definition) is 0. The summed E-state index contributed by atoms with van der Waals surface area (Å²) >= 11 is 0. The zero-order valence-electron chi connectivity index (χ0n) is 11.9. The van der Waals surface area contributed by atoms with E-state index in [9.17, 15) is 9.59 Å². The molecule has 0 amide bonds. The van der Waals surface area contributed by atoms with E-state index in [-0.39, 0.29) is 5.78 Å². The van der Waals surface area contributed by atoms with Crippen LogP contribution in [-0.4, -0.2) is 18.9 Å². The van der Waals surface area contributed by atoms with E-state index < -0.39 is 5.97 Å². The van der Waals surface area contributed by atoms with Gasteiger partial charge in [-0.3, -0.25) is 4.79 Å². The first-order chi connectivity index (χ1) is 9.72. The first kappa shape index (κ1) is 15.6. The number of esters is 1. The molecule has 2 rings (SSSR count). The van der Waals surface area contributed by atoms with Gasteiger partial charge in [0.2, 0.25) is 0 Å². The molecule has 0 fully saturated rings. The molecule has 0 aliphatic carbocycles. The minimum absolute atomic E-state index is 0.0629. The number of ketones is 1. The van der Waals surface area contributed by atoms with Crippen LogP contribution in [0.25, 0.3) is 0 Å². The normalized spacial score (nSPS) is 9.15. The molecule has 0 unspecified atom stereocenters. The molecule has 3 nitrogen and oxygen atoms in total. The van der Waals surface area contributed by atoms with Gasteiger partial charge in [0.1, 0.15) is 0 Å². The van der Waals surface area contributed by atoms with Gasteiger partial charge in [-0.2, -0.15) is 0 Å². The van der Waals surface area contributed by atoms with Gasteiger partial charge in [0.15, 0.2) is 5.78 Å². The second-order valence-electron chi connectivity index (χ2n) is 3.76. The van der Waals surface area contributed by atoms with E-state index in [1.807, 2.05) is 32.0 Å². The highest BCUT2D eigenvalue weighted by Gasteiger charge is 2.10. The van der Waals surface area contributed by atoms with Crippen LogP contribution in [-0.2, 0) is 4.74 Å². The highest BCUT2D eigenvalue weighted by Crippen LogP contribution is 2.11. The summed E-state index contributed by atoms with van der Waals surface area (Å²) in [7, 11) is 1.32. The summed E-state index contributed by atoms with van der Waals surface area (Å²) in [4.78, 5) is 23.3. The Labute approximate surface area is 119 Å². The van der Waals surface area contributed by atoms with Crippen molar-refractivity contribution in [3.05, 3.63) is 71.3 Å². The van der Waals surface area contributed by atoms with Crippen molar-refractivity contribution in [1.29, 1.82) is 0 Å². The monoisotopic (exact) mass is 270 g/mol. The van der Waals surface area contributed by atoms with Gasteiger partial charge in [0.05, 0.1) is 12.7 Å². The fraction of sp³-hybridized carbons (Fsp3) is 0.176. The Bertz CT molecular complexity index is 557.